The van der Waals surface area contributed by atoms with Crippen molar-refractivity contribution < 1.29 is 4.79 Å². The van der Waals surface area contributed by atoms with Crippen LogP contribution in [-0.2, 0) is 0 Å². The van der Waals surface area contributed by atoms with E-state index >= 15 is 0 Å². The molecule has 0 unspecified atom stereocenters. The highest BCUT2D eigenvalue weighted by molar-refractivity contribution is 7.17. The predicted octanol–water partition coefficient (Wildman–Crippen LogP) is 4.77. The standard InChI is InChI=1S/C21H26ClN3OS/c1-14-19(27-21(24-14)15-7-9-17(22)10-8-15)20(26)23-13-16-5-4-12-25-11-3-2-6-18(16)25/h7-10,16,18H,2-6,11-13H2,1H3,(H,23,26)/t16-,18+/m0/s1. The Kier molecular flexibility index (Phi) is 5.81. The average Bonchev–Trinajstić information content (AvgIpc) is 3.08. The van der Waals surface area contributed by atoms with Crippen LogP contribution < -0.4 is 5.32 Å². The van der Waals surface area contributed by atoms with Crippen molar-refractivity contribution in [2.45, 2.75) is 45.1 Å². The van der Waals surface area contributed by atoms with Crippen LogP contribution in [-0.4, -0.2) is 41.5 Å². The molecule has 0 saturated carbocycles. The molecule has 0 spiro atoms. The van der Waals surface area contributed by atoms with Gasteiger partial charge in [0.2, 0.25) is 0 Å². The lowest BCUT2D eigenvalue weighted by molar-refractivity contribution is 0.0576. The van der Waals surface area contributed by atoms with E-state index in [0.29, 0.717) is 17.0 Å². The van der Waals surface area contributed by atoms with E-state index in [2.05, 4.69) is 15.2 Å². The number of aryl methyl sites for hydroxylation is 1. The number of piperidine rings is 2. The largest absolute Gasteiger partial charge is 0.351 e. The number of hydrogen-bond acceptors (Lipinski definition) is 4. The van der Waals surface area contributed by atoms with Crippen molar-refractivity contribution in [3.63, 3.8) is 0 Å². The molecule has 4 nitrogen and oxygen atoms in total. The number of carbonyl (C=O) groups is 1. The zero-order valence-electron chi connectivity index (χ0n) is 15.7. The third-order valence-corrected chi connectivity index (χ3v) is 7.30. The molecule has 2 aliphatic heterocycles. The van der Waals surface area contributed by atoms with Gasteiger partial charge in [0.05, 0.1) is 5.69 Å². The SMILES string of the molecule is Cc1nc(-c2ccc(Cl)cc2)sc1C(=O)NC[C@@H]1CCCN2CCCC[C@H]12. The minimum atomic E-state index is 0.0122. The van der Waals surface area contributed by atoms with Crippen molar-refractivity contribution in [2.24, 2.45) is 5.92 Å². The van der Waals surface area contributed by atoms with E-state index in [4.69, 9.17) is 11.6 Å². The lowest BCUT2D eigenvalue weighted by Crippen LogP contribution is -2.50. The molecular formula is C21H26ClN3OS. The lowest BCUT2D eigenvalue weighted by Gasteiger charge is -2.44. The number of thiazole rings is 1. The summed E-state index contributed by atoms with van der Waals surface area (Å²) in [6.07, 6.45) is 6.39. The fourth-order valence-corrected chi connectivity index (χ4v) is 5.56. The molecule has 2 fully saturated rings. The second kappa shape index (κ2) is 8.29. The summed E-state index contributed by atoms with van der Waals surface area (Å²) in [5.74, 6) is 0.588. The minimum absolute atomic E-state index is 0.0122. The summed E-state index contributed by atoms with van der Waals surface area (Å²) in [7, 11) is 0. The Labute approximate surface area is 169 Å². The van der Waals surface area contributed by atoms with Gasteiger partial charge in [-0.25, -0.2) is 4.98 Å². The van der Waals surface area contributed by atoms with E-state index in [1.54, 1.807) is 0 Å². The Balaban J connectivity index is 1.42. The fraction of sp³-hybridized carbons (Fsp3) is 0.524. The van der Waals surface area contributed by atoms with E-state index in [9.17, 15) is 4.79 Å². The number of nitrogens with one attached hydrogen (secondary N) is 1. The highest BCUT2D eigenvalue weighted by atomic mass is 35.5. The van der Waals surface area contributed by atoms with Crippen LogP contribution in [0.1, 0.15) is 47.5 Å². The van der Waals surface area contributed by atoms with Crippen molar-refractivity contribution in [1.82, 2.24) is 15.2 Å². The number of carbonyl (C=O) groups excluding carboxylic acids is 1. The van der Waals surface area contributed by atoms with E-state index in [1.165, 1.54) is 56.5 Å². The Bertz CT molecular complexity index is 802. The van der Waals surface area contributed by atoms with Crippen LogP contribution in [0.5, 0.6) is 0 Å². The van der Waals surface area contributed by atoms with Crippen LogP contribution in [0.25, 0.3) is 10.6 Å². The highest BCUT2D eigenvalue weighted by Crippen LogP contribution is 2.31. The molecule has 2 atom stereocenters. The Morgan fingerprint density at radius 3 is 2.81 bits per heavy atom. The molecule has 1 amide bonds. The molecule has 1 aromatic carbocycles. The van der Waals surface area contributed by atoms with E-state index in [-0.39, 0.29) is 5.91 Å². The number of rotatable bonds is 4. The lowest BCUT2D eigenvalue weighted by atomic mass is 9.83. The van der Waals surface area contributed by atoms with Gasteiger partial charge in [0, 0.05) is 23.2 Å². The molecular weight excluding hydrogens is 378 g/mol. The third kappa shape index (κ3) is 4.20. The first-order valence-corrected chi connectivity index (χ1v) is 11.1. The quantitative estimate of drug-likeness (QED) is 0.799. The minimum Gasteiger partial charge on any atom is -0.351 e. The maximum atomic E-state index is 12.8. The van der Waals surface area contributed by atoms with Crippen molar-refractivity contribution in [2.75, 3.05) is 19.6 Å². The normalized spacial score (nSPS) is 23.0. The zero-order chi connectivity index (χ0) is 18.8. The van der Waals surface area contributed by atoms with Gasteiger partial charge in [0.1, 0.15) is 9.88 Å². The Morgan fingerprint density at radius 2 is 2.00 bits per heavy atom. The smallest absolute Gasteiger partial charge is 0.263 e. The predicted molar refractivity (Wildman–Crippen MR) is 112 cm³/mol. The van der Waals surface area contributed by atoms with Gasteiger partial charge >= 0.3 is 0 Å². The van der Waals surface area contributed by atoms with Crippen molar-refractivity contribution in [3.05, 3.63) is 39.9 Å². The average molecular weight is 404 g/mol. The number of fused-ring (bicyclic) bond motifs is 1. The number of halogens is 1. The van der Waals surface area contributed by atoms with Gasteiger partial charge in [-0.2, -0.15) is 0 Å². The molecule has 2 aromatic rings. The van der Waals surface area contributed by atoms with E-state index in [1.807, 2.05) is 31.2 Å². The molecule has 3 heterocycles. The van der Waals surface area contributed by atoms with Crippen LogP contribution in [0.2, 0.25) is 5.02 Å². The van der Waals surface area contributed by atoms with Gasteiger partial charge in [-0.15, -0.1) is 11.3 Å². The number of amides is 1. The molecule has 0 aliphatic carbocycles. The van der Waals surface area contributed by atoms with Crippen LogP contribution in [0.3, 0.4) is 0 Å². The molecule has 27 heavy (non-hydrogen) atoms. The monoisotopic (exact) mass is 403 g/mol. The van der Waals surface area contributed by atoms with Crippen LogP contribution in [0.15, 0.2) is 24.3 Å². The van der Waals surface area contributed by atoms with Gasteiger partial charge in [-0.05, 0) is 63.7 Å². The summed E-state index contributed by atoms with van der Waals surface area (Å²) in [5, 5.41) is 4.77. The first-order valence-electron chi connectivity index (χ1n) is 9.87. The van der Waals surface area contributed by atoms with Gasteiger partial charge in [-0.3, -0.25) is 4.79 Å². The Hall–Kier alpha value is -1.43. The van der Waals surface area contributed by atoms with Crippen molar-refractivity contribution >= 4 is 28.8 Å². The Morgan fingerprint density at radius 1 is 1.22 bits per heavy atom. The molecule has 6 heteroatoms. The van der Waals surface area contributed by atoms with Gasteiger partial charge in [0.15, 0.2) is 0 Å². The first kappa shape index (κ1) is 18.9. The molecule has 144 valence electrons. The number of benzene rings is 1. The van der Waals surface area contributed by atoms with Crippen molar-refractivity contribution in [3.8, 4) is 10.6 Å². The first-order chi connectivity index (χ1) is 13.1. The topological polar surface area (TPSA) is 45.2 Å². The summed E-state index contributed by atoms with van der Waals surface area (Å²) < 4.78 is 0. The fourth-order valence-electron chi connectivity index (χ4n) is 4.44. The van der Waals surface area contributed by atoms with Crippen molar-refractivity contribution in [1.29, 1.82) is 0 Å². The van der Waals surface area contributed by atoms with Gasteiger partial charge in [-0.1, -0.05) is 30.2 Å². The molecule has 1 aromatic heterocycles. The highest BCUT2D eigenvalue weighted by Gasteiger charge is 2.33. The van der Waals surface area contributed by atoms with Crippen LogP contribution in [0, 0.1) is 12.8 Å². The molecule has 4 rings (SSSR count). The summed E-state index contributed by atoms with van der Waals surface area (Å²) >= 11 is 7.42. The van der Waals surface area contributed by atoms with E-state index in [0.717, 1.165) is 27.7 Å². The number of hydrogen-bond donors (Lipinski definition) is 1. The van der Waals surface area contributed by atoms with Crippen LogP contribution >= 0.6 is 22.9 Å². The molecule has 2 aliphatic rings. The maximum absolute atomic E-state index is 12.8. The summed E-state index contributed by atoms with van der Waals surface area (Å²) in [5.41, 5.74) is 1.79. The second-order valence-corrected chi connectivity index (χ2v) is 9.09. The number of aromatic nitrogens is 1. The molecule has 2 saturated heterocycles. The number of nitrogens with zero attached hydrogens (tertiary/aromatic N) is 2. The summed E-state index contributed by atoms with van der Waals surface area (Å²) in [4.78, 5) is 20.7. The summed E-state index contributed by atoms with van der Waals surface area (Å²) in [6, 6.07) is 8.25. The second-order valence-electron chi connectivity index (χ2n) is 7.65. The zero-order valence-corrected chi connectivity index (χ0v) is 17.3. The summed E-state index contributed by atoms with van der Waals surface area (Å²) in [6.45, 7) is 5.14. The van der Waals surface area contributed by atoms with Crippen LogP contribution in [0.4, 0.5) is 0 Å². The van der Waals surface area contributed by atoms with Gasteiger partial charge in [0.25, 0.3) is 5.91 Å². The maximum Gasteiger partial charge on any atom is 0.263 e. The molecule has 0 bridgehead atoms. The molecule has 0 radical (unpaired) electrons. The third-order valence-electron chi connectivity index (χ3n) is 5.85. The molecule has 1 N–H and O–H groups in total. The van der Waals surface area contributed by atoms with E-state index < -0.39 is 0 Å². The van der Waals surface area contributed by atoms with Gasteiger partial charge < -0.3 is 10.2 Å².